The minimum Gasteiger partial charge on any atom is -0.457 e. The molecule has 3 aromatic rings. The van der Waals surface area contributed by atoms with E-state index < -0.39 is 17.7 Å². The second kappa shape index (κ2) is 8.60. The summed E-state index contributed by atoms with van der Waals surface area (Å²) in [6, 6.07) is 12.0. The van der Waals surface area contributed by atoms with Crippen molar-refractivity contribution in [2.45, 2.75) is 19.8 Å². The van der Waals surface area contributed by atoms with Crippen molar-refractivity contribution in [1.82, 2.24) is 4.98 Å². The summed E-state index contributed by atoms with van der Waals surface area (Å²) in [7, 11) is 0. The summed E-state index contributed by atoms with van der Waals surface area (Å²) < 4.78 is 19.6. The van der Waals surface area contributed by atoms with Gasteiger partial charge in [0.2, 0.25) is 5.78 Å². The van der Waals surface area contributed by atoms with Gasteiger partial charge in [0.1, 0.15) is 5.82 Å². The molecule has 7 heteroatoms. The van der Waals surface area contributed by atoms with Crippen LogP contribution >= 0.6 is 0 Å². The number of ether oxygens (including phenoxy) is 1. The Labute approximate surface area is 179 Å². The van der Waals surface area contributed by atoms with E-state index in [1.807, 2.05) is 31.2 Å². The fraction of sp³-hybridized carbons (Fsp3) is 0.292. The van der Waals surface area contributed by atoms with Gasteiger partial charge in [-0.1, -0.05) is 25.1 Å². The molecular weight excluding hydrogens is 397 g/mol. The minimum atomic E-state index is -0.492. The number of carbonyl (C=O) groups excluding carboxylic acids is 2. The molecule has 0 amide bonds. The largest absolute Gasteiger partial charge is 0.457 e. The van der Waals surface area contributed by atoms with Crippen LogP contribution in [0.2, 0.25) is 0 Å². The molecule has 1 unspecified atom stereocenters. The maximum Gasteiger partial charge on any atom is 0.311 e. The van der Waals surface area contributed by atoms with Gasteiger partial charge in [0, 0.05) is 35.8 Å². The van der Waals surface area contributed by atoms with Gasteiger partial charge >= 0.3 is 5.97 Å². The Bertz CT molecular complexity index is 1190. The molecule has 0 bridgehead atoms. The average molecular weight is 419 g/mol. The smallest absolute Gasteiger partial charge is 0.311 e. The lowest BCUT2D eigenvalue weighted by atomic mass is 10.1. The summed E-state index contributed by atoms with van der Waals surface area (Å²) >= 11 is 0. The summed E-state index contributed by atoms with van der Waals surface area (Å²) in [5, 5.41) is 9.69. The number of fused-ring (bicyclic) bond motifs is 1. The summed E-state index contributed by atoms with van der Waals surface area (Å²) in [5.74, 6) is -1.65. The quantitative estimate of drug-likeness (QED) is 0.482. The Morgan fingerprint density at radius 3 is 2.90 bits per heavy atom. The zero-order valence-electron chi connectivity index (χ0n) is 17.2. The van der Waals surface area contributed by atoms with Gasteiger partial charge < -0.3 is 14.6 Å². The highest BCUT2D eigenvalue weighted by molar-refractivity contribution is 6.09. The Hall–Kier alpha value is -3.66. The maximum atomic E-state index is 14.3. The van der Waals surface area contributed by atoms with Crippen LogP contribution in [0, 0.1) is 23.1 Å². The highest BCUT2D eigenvalue weighted by atomic mass is 19.1. The number of aromatic nitrogens is 1. The second-order valence-electron chi connectivity index (χ2n) is 7.64. The standard InChI is InChI=1S/C24H22FN3O3/c1-2-16-4-3-5-18-19(12-27-23(16)18)22(29)14-31-24(30)17-8-9-28(13-17)21-7-6-15(11-26)10-20(21)25/h3-7,10,12,17,27H,2,8-9,13-14H2,1H3. The predicted octanol–water partition coefficient (Wildman–Crippen LogP) is 3.99. The van der Waals surface area contributed by atoms with E-state index in [-0.39, 0.29) is 18.0 Å². The number of anilines is 1. The van der Waals surface area contributed by atoms with Gasteiger partial charge in [0.25, 0.3) is 0 Å². The molecule has 0 spiro atoms. The number of benzene rings is 2. The van der Waals surface area contributed by atoms with Gasteiger partial charge in [-0.3, -0.25) is 9.59 Å². The molecule has 1 aromatic heterocycles. The average Bonchev–Trinajstić information content (AvgIpc) is 3.44. The van der Waals surface area contributed by atoms with Crippen LogP contribution in [-0.2, 0) is 16.0 Å². The van der Waals surface area contributed by atoms with Crippen LogP contribution in [0.4, 0.5) is 10.1 Å². The zero-order chi connectivity index (χ0) is 22.0. The van der Waals surface area contributed by atoms with Crippen LogP contribution in [0.25, 0.3) is 10.9 Å². The SMILES string of the molecule is CCc1cccc2c(C(=O)COC(=O)C3CCN(c4ccc(C#N)cc4F)C3)c[nH]c12. The molecule has 31 heavy (non-hydrogen) atoms. The number of ketones is 1. The van der Waals surface area contributed by atoms with E-state index >= 15 is 0 Å². The van der Waals surface area contributed by atoms with Crippen molar-refractivity contribution in [3.63, 3.8) is 0 Å². The number of Topliss-reactive ketones (excluding diaryl/α,β-unsaturated/α-hetero) is 1. The lowest BCUT2D eigenvalue weighted by molar-refractivity contribution is -0.146. The molecule has 2 heterocycles. The molecule has 158 valence electrons. The second-order valence-corrected chi connectivity index (χ2v) is 7.64. The molecule has 6 nitrogen and oxygen atoms in total. The minimum absolute atomic E-state index is 0.248. The Morgan fingerprint density at radius 2 is 2.16 bits per heavy atom. The predicted molar refractivity (Wildman–Crippen MR) is 114 cm³/mol. The molecule has 1 N–H and O–H groups in total. The normalized spacial score (nSPS) is 15.8. The molecule has 1 aliphatic rings. The molecule has 1 aliphatic heterocycles. The third-order valence-electron chi connectivity index (χ3n) is 5.77. The van der Waals surface area contributed by atoms with Crippen LogP contribution in [0.1, 0.15) is 34.8 Å². The first kappa shape index (κ1) is 20.6. The van der Waals surface area contributed by atoms with Crippen molar-refractivity contribution in [2.24, 2.45) is 5.92 Å². The number of aromatic amines is 1. The number of H-pyrrole nitrogens is 1. The number of nitriles is 1. The van der Waals surface area contributed by atoms with E-state index in [1.165, 1.54) is 6.07 Å². The number of esters is 1. The Balaban J connectivity index is 1.38. The van der Waals surface area contributed by atoms with Crippen LogP contribution in [-0.4, -0.2) is 36.4 Å². The highest BCUT2D eigenvalue weighted by Gasteiger charge is 2.31. The number of aryl methyl sites for hydroxylation is 1. The first-order valence-electron chi connectivity index (χ1n) is 10.2. The van der Waals surface area contributed by atoms with Crippen molar-refractivity contribution in [3.8, 4) is 6.07 Å². The molecule has 1 atom stereocenters. The molecule has 0 radical (unpaired) electrons. The van der Waals surface area contributed by atoms with E-state index in [9.17, 15) is 14.0 Å². The van der Waals surface area contributed by atoms with Crippen LogP contribution in [0.5, 0.6) is 0 Å². The molecule has 2 aromatic carbocycles. The van der Waals surface area contributed by atoms with E-state index in [4.69, 9.17) is 10.00 Å². The molecule has 1 fully saturated rings. The first-order valence-corrected chi connectivity index (χ1v) is 10.2. The van der Waals surface area contributed by atoms with Gasteiger partial charge in [0.05, 0.1) is 23.2 Å². The molecular formula is C24H22FN3O3. The molecule has 0 saturated carbocycles. The topological polar surface area (TPSA) is 86.2 Å². The number of nitrogens with zero attached hydrogens (tertiary/aromatic N) is 2. The number of carbonyl (C=O) groups is 2. The summed E-state index contributed by atoms with van der Waals surface area (Å²) in [6.45, 7) is 2.53. The summed E-state index contributed by atoms with van der Waals surface area (Å²) in [6.07, 6.45) is 3.02. The monoisotopic (exact) mass is 419 g/mol. The van der Waals surface area contributed by atoms with Gasteiger partial charge in [-0.05, 0) is 36.6 Å². The van der Waals surface area contributed by atoms with Gasteiger partial charge in [-0.2, -0.15) is 5.26 Å². The van der Waals surface area contributed by atoms with Crippen molar-refractivity contribution in [1.29, 1.82) is 5.26 Å². The molecule has 0 aliphatic carbocycles. The Kier molecular flexibility index (Phi) is 5.72. The van der Waals surface area contributed by atoms with E-state index in [2.05, 4.69) is 4.98 Å². The lowest BCUT2D eigenvalue weighted by Gasteiger charge is -2.19. The number of halogens is 1. The number of hydrogen-bond acceptors (Lipinski definition) is 5. The zero-order valence-corrected chi connectivity index (χ0v) is 17.2. The summed E-state index contributed by atoms with van der Waals surface area (Å²) in [4.78, 5) is 30.1. The fourth-order valence-electron chi connectivity index (χ4n) is 4.08. The van der Waals surface area contributed by atoms with E-state index in [1.54, 1.807) is 23.2 Å². The van der Waals surface area contributed by atoms with Crippen LogP contribution in [0.3, 0.4) is 0 Å². The van der Waals surface area contributed by atoms with Crippen molar-refractivity contribution >= 4 is 28.3 Å². The van der Waals surface area contributed by atoms with Gasteiger partial charge in [0.15, 0.2) is 6.61 Å². The highest BCUT2D eigenvalue weighted by Crippen LogP contribution is 2.28. The van der Waals surface area contributed by atoms with Gasteiger partial charge in [-0.25, -0.2) is 4.39 Å². The number of nitrogens with one attached hydrogen (secondary N) is 1. The van der Waals surface area contributed by atoms with Crippen molar-refractivity contribution in [2.75, 3.05) is 24.6 Å². The number of rotatable bonds is 6. The molecule has 1 saturated heterocycles. The third kappa shape index (κ3) is 4.02. The summed E-state index contributed by atoms with van der Waals surface area (Å²) in [5.41, 5.74) is 3.16. The van der Waals surface area contributed by atoms with Crippen molar-refractivity contribution < 1.29 is 18.7 Å². The van der Waals surface area contributed by atoms with E-state index in [0.29, 0.717) is 30.8 Å². The fourth-order valence-corrected chi connectivity index (χ4v) is 4.08. The van der Waals surface area contributed by atoms with Crippen LogP contribution < -0.4 is 4.90 Å². The maximum absolute atomic E-state index is 14.3. The van der Waals surface area contributed by atoms with E-state index in [0.717, 1.165) is 22.9 Å². The molecule has 4 rings (SSSR count). The van der Waals surface area contributed by atoms with Crippen LogP contribution in [0.15, 0.2) is 42.6 Å². The lowest BCUT2D eigenvalue weighted by Crippen LogP contribution is -2.26. The third-order valence-corrected chi connectivity index (χ3v) is 5.77. The Morgan fingerprint density at radius 1 is 1.32 bits per heavy atom. The van der Waals surface area contributed by atoms with Gasteiger partial charge in [-0.15, -0.1) is 0 Å². The van der Waals surface area contributed by atoms with Crippen molar-refractivity contribution in [3.05, 3.63) is 65.1 Å². The first-order chi connectivity index (χ1) is 15.0. The number of para-hydroxylation sites is 1. The number of hydrogen-bond donors (Lipinski definition) is 1.